The molecule has 1 aromatic heterocycles. The van der Waals surface area contributed by atoms with Gasteiger partial charge in [-0.2, -0.15) is 0 Å². The second-order valence-electron chi connectivity index (χ2n) is 5.30. The molecule has 1 N–H and O–H groups in total. The molecule has 0 bridgehead atoms. The smallest absolute Gasteiger partial charge is 0.193 e. The van der Waals surface area contributed by atoms with Crippen molar-refractivity contribution in [2.24, 2.45) is 4.99 Å². The summed E-state index contributed by atoms with van der Waals surface area (Å²) in [6, 6.07) is 8.05. The van der Waals surface area contributed by atoms with Crippen LogP contribution in [-0.2, 0) is 6.54 Å². The van der Waals surface area contributed by atoms with Crippen LogP contribution in [0.15, 0.2) is 35.5 Å². The number of hydrogen-bond donors (Lipinski definition) is 1. The van der Waals surface area contributed by atoms with Crippen molar-refractivity contribution in [1.29, 1.82) is 0 Å². The fourth-order valence-electron chi connectivity index (χ4n) is 2.14. The molecule has 0 saturated heterocycles. The first-order valence-electron chi connectivity index (χ1n) is 7.61. The average molecular weight is 332 g/mol. The van der Waals surface area contributed by atoms with Gasteiger partial charge in [0.25, 0.3) is 0 Å². The van der Waals surface area contributed by atoms with Gasteiger partial charge in [0.15, 0.2) is 5.96 Å². The molecule has 0 radical (unpaired) electrons. The van der Waals surface area contributed by atoms with Crippen molar-refractivity contribution >= 4 is 17.3 Å². The van der Waals surface area contributed by atoms with Crippen LogP contribution in [0.1, 0.15) is 15.4 Å². The molecule has 0 unspecified atom stereocenters. The topological polar surface area (TPSA) is 49.8 Å². The summed E-state index contributed by atoms with van der Waals surface area (Å²) in [5.74, 6) is 1.77. The predicted molar refractivity (Wildman–Crippen MR) is 96.4 cm³/mol. The van der Waals surface area contributed by atoms with Gasteiger partial charge in [-0.1, -0.05) is 18.2 Å². The Kier molecular flexibility index (Phi) is 6.40. The number of para-hydroxylation sites is 1. The van der Waals surface area contributed by atoms with E-state index >= 15 is 0 Å². The van der Waals surface area contributed by atoms with Crippen molar-refractivity contribution in [3.8, 4) is 5.75 Å². The zero-order chi connectivity index (χ0) is 16.7. The highest BCUT2D eigenvalue weighted by Gasteiger charge is 2.07. The van der Waals surface area contributed by atoms with Gasteiger partial charge in [-0.3, -0.25) is 4.99 Å². The van der Waals surface area contributed by atoms with Crippen LogP contribution >= 0.6 is 11.3 Å². The summed E-state index contributed by atoms with van der Waals surface area (Å²) in [5, 5.41) is 4.39. The van der Waals surface area contributed by atoms with Gasteiger partial charge >= 0.3 is 0 Å². The van der Waals surface area contributed by atoms with Gasteiger partial charge in [-0.05, 0) is 25.5 Å². The maximum absolute atomic E-state index is 5.83. The molecule has 0 atom stereocenters. The molecule has 2 aromatic rings. The molecular weight excluding hydrogens is 308 g/mol. The molecule has 1 aromatic carbocycles. The van der Waals surface area contributed by atoms with Crippen LogP contribution in [0.3, 0.4) is 0 Å². The number of ether oxygens (including phenoxy) is 1. The molecule has 0 amide bonds. The molecule has 0 aliphatic rings. The fourth-order valence-corrected chi connectivity index (χ4v) is 2.87. The lowest BCUT2D eigenvalue weighted by Gasteiger charge is -2.22. The number of aromatic nitrogens is 1. The van der Waals surface area contributed by atoms with Crippen LogP contribution in [-0.4, -0.2) is 43.1 Å². The second kappa shape index (κ2) is 8.53. The number of aryl methyl sites for hydroxylation is 2. The van der Waals surface area contributed by atoms with Gasteiger partial charge in [0.1, 0.15) is 17.4 Å². The minimum Gasteiger partial charge on any atom is -0.491 e. The number of benzene rings is 1. The summed E-state index contributed by atoms with van der Waals surface area (Å²) in [7, 11) is 3.79. The molecule has 23 heavy (non-hydrogen) atoms. The number of hydrogen-bond acceptors (Lipinski definition) is 4. The van der Waals surface area contributed by atoms with E-state index in [4.69, 9.17) is 4.74 Å². The third-order valence-electron chi connectivity index (χ3n) is 3.42. The number of nitrogens with zero attached hydrogens (tertiary/aromatic N) is 3. The fraction of sp³-hybridized carbons (Fsp3) is 0.412. The van der Waals surface area contributed by atoms with Crippen LogP contribution in [0.2, 0.25) is 0 Å². The molecule has 5 nitrogen and oxygen atoms in total. The van der Waals surface area contributed by atoms with Crippen molar-refractivity contribution in [3.05, 3.63) is 45.9 Å². The maximum Gasteiger partial charge on any atom is 0.193 e. The highest BCUT2D eigenvalue weighted by Crippen LogP contribution is 2.15. The first-order chi connectivity index (χ1) is 11.1. The van der Waals surface area contributed by atoms with E-state index in [0.29, 0.717) is 13.2 Å². The second-order valence-corrected chi connectivity index (χ2v) is 6.62. The lowest BCUT2D eigenvalue weighted by molar-refractivity contribution is 0.280. The zero-order valence-corrected chi connectivity index (χ0v) is 15.0. The van der Waals surface area contributed by atoms with E-state index < -0.39 is 0 Å². The number of rotatable bonds is 6. The molecule has 0 aliphatic carbocycles. The maximum atomic E-state index is 5.83. The highest BCUT2D eigenvalue weighted by atomic mass is 32.1. The molecule has 0 spiro atoms. The van der Waals surface area contributed by atoms with Crippen molar-refractivity contribution in [1.82, 2.24) is 15.2 Å². The van der Waals surface area contributed by atoms with E-state index in [0.717, 1.165) is 28.8 Å². The minimum atomic E-state index is 0.610. The largest absolute Gasteiger partial charge is 0.491 e. The van der Waals surface area contributed by atoms with E-state index in [1.807, 2.05) is 31.4 Å². The molecule has 0 saturated carbocycles. The van der Waals surface area contributed by atoms with E-state index in [-0.39, 0.29) is 0 Å². The van der Waals surface area contributed by atoms with Crippen LogP contribution < -0.4 is 10.1 Å². The summed E-state index contributed by atoms with van der Waals surface area (Å²) in [6.45, 7) is 6.16. The van der Waals surface area contributed by atoms with Gasteiger partial charge in [-0.25, -0.2) is 4.98 Å². The first-order valence-corrected chi connectivity index (χ1v) is 8.43. The Bertz CT molecular complexity index is 654. The van der Waals surface area contributed by atoms with Crippen LogP contribution in [0.5, 0.6) is 5.75 Å². The zero-order valence-electron chi connectivity index (χ0n) is 14.2. The first kappa shape index (κ1) is 17.3. The van der Waals surface area contributed by atoms with Crippen LogP contribution in [0, 0.1) is 13.8 Å². The molecule has 0 fully saturated rings. The Morgan fingerprint density at radius 2 is 2.13 bits per heavy atom. The number of aliphatic imine (C=N–C) groups is 1. The number of guanidine groups is 1. The van der Waals surface area contributed by atoms with E-state index in [1.165, 1.54) is 4.88 Å². The van der Waals surface area contributed by atoms with Crippen molar-refractivity contribution in [2.45, 2.75) is 20.4 Å². The van der Waals surface area contributed by atoms with Crippen LogP contribution in [0.25, 0.3) is 0 Å². The predicted octanol–water partition coefficient (Wildman–Crippen LogP) is 2.85. The van der Waals surface area contributed by atoms with Gasteiger partial charge in [0.2, 0.25) is 0 Å². The molecule has 124 valence electrons. The van der Waals surface area contributed by atoms with Gasteiger partial charge in [-0.15, -0.1) is 11.3 Å². The van der Waals surface area contributed by atoms with E-state index in [9.17, 15) is 0 Å². The summed E-state index contributed by atoms with van der Waals surface area (Å²) in [6.07, 6.45) is 1.89. The third kappa shape index (κ3) is 5.25. The Balaban J connectivity index is 1.78. The number of nitrogens with one attached hydrogen (secondary N) is 1. The lowest BCUT2D eigenvalue weighted by Crippen LogP contribution is -2.40. The Morgan fingerprint density at radius 3 is 2.78 bits per heavy atom. The number of likely N-dealkylation sites (N-methyl/N-ethyl adjacent to an activating group) is 1. The molecule has 2 rings (SSSR count). The van der Waals surface area contributed by atoms with Gasteiger partial charge in [0.05, 0.1) is 13.1 Å². The third-order valence-corrected chi connectivity index (χ3v) is 4.33. The molecular formula is C17H24N4OS. The Labute approximate surface area is 142 Å². The summed E-state index contributed by atoms with van der Waals surface area (Å²) in [5.41, 5.74) is 1.15. The Hall–Kier alpha value is -2.08. The quantitative estimate of drug-likeness (QED) is 0.653. The lowest BCUT2D eigenvalue weighted by atomic mass is 10.2. The SMILES string of the molecule is CN=C(NCc1ncc(C)s1)N(C)CCOc1ccccc1C. The molecule has 0 aliphatic heterocycles. The van der Waals surface area contributed by atoms with Crippen molar-refractivity contribution in [2.75, 3.05) is 27.2 Å². The van der Waals surface area contributed by atoms with E-state index in [2.05, 4.69) is 40.1 Å². The highest BCUT2D eigenvalue weighted by molar-refractivity contribution is 7.11. The Morgan fingerprint density at radius 1 is 1.35 bits per heavy atom. The molecule has 1 heterocycles. The molecule has 6 heteroatoms. The minimum absolute atomic E-state index is 0.610. The van der Waals surface area contributed by atoms with Crippen molar-refractivity contribution in [3.63, 3.8) is 0 Å². The number of thiazole rings is 1. The average Bonchev–Trinajstić information content (AvgIpc) is 2.95. The summed E-state index contributed by atoms with van der Waals surface area (Å²) >= 11 is 1.70. The van der Waals surface area contributed by atoms with Crippen molar-refractivity contribution < 1.29 is 4.74 Å². The monoisotopic (exact) mass is 332 g/mol. The van der Waals surface area contributed by atoms with Gasteiger partial charge < -0.3 is 15.0 Å². The van der Waals surface area contributed by atoms with Gasteiger partial charge in [0, 0.05) is 25.2 Å². The summed E-state index contributed by atoms with van der Waals surface area (Å²) in [4.78, 5) is 11.9. The summed E-state index contributed by atoms with van der Waals surface area (Å²) < 4.78 is 5.83. The van der Waals surface area contributed by atoms with E-state index in [1.54, 1.807) is 18.4 Å². The normalized spacial score (nSPS) is 11.4. The standard InChI is InChI=1S/C17H24N4OS/c1-13-7-5-6-8-15(13)22-10-9-21(4)17(18-3)20-12-16-19-11-14(2)23-16/h5-8,11H,9-10,12H2,1-4H3,(H,18,20). The van der Waals surface area contributed by atoms with Crippen LogP contribution in [0.4, 0.5) is 0 Å².